The molecule has 1 saturated heterocycles. The van der Waals surface area contributed by atoms with Gasteiger partial charge in [-0.2, -0.15) is 0 Å². The van der Waals surface area contributed by atoms with Gasteiger partial charge in [-0.25, -0.2) is 0 Å². The van der Waals surface area contributed by atoms with Crippen LogP contribution in [0, 0.1) is 11.8 Å². The maximum absolute atomic E-state index is 5.63. The Hall–Kier alpha value is -0.800. The van der Waals surface area contributed by atoms with E-state index in [2.05, 4.69) is 18.7 Å². The maximum atomic E-state index is 5.63. The highest BCUT2D eigenvalue weighted by atomic mass is 16.3. The summed E-state index contributed by atoms with van der Waals surface area (Å²) in [6.07, 6.45) is 3.07. The Morgan fingerprint density at radius 2 is 2.38 bits per heavy atom. The Balaban J connectivity index is 1.92. The summed E-state index contributed by atoms with van der Waals surface area (Å²) in [7, 11) is 0. The standard InChI is InChI=1S/C13H22N2O/c1-10(2)11-3-5-15(8-11)9-12-4-6-16-13(12)7-14/h4,6,10-11H,3,5,7-9,14H2,1-2H3. The van der Waals surface area contributed by atoms with Crippen molar-refractivity contribution in [2.45, 2.75) is 33.4 Å². The molecule has 0 radical (unpaired) electrons. The predicted molar refractivity (Wildman–Crippen MR) is 64.8 cm³/mol. The van der Waals surface area contributed by atoms with Gasteiger partial charge in [0.1, 0.15) is 5.76 Å². The lowest BCUT2D eigenvalue weighted by Crippen LogP contribution is -2.22. The summed E-state index contributed by atoms with van der Waals surface area (Å²) in [5, 5.41) is 0. The number of hydrogen-bond donors (Lipinski definition) is 1. The molecular weight excluding hydrogens is 200 g/mol. The predicted octanol–water partition coefficient (Wildman–Crippen LogP) is 2.22. The van der Waals surface area contributed by atoms with Crippen LogP contribution in [0.4, 0.5) is 0 Å². The monoisotopic (exact) mass is 222 g/mol. The van der Waals surface area contributed by atoms with E-state index < -0.39 is 0 Å². The van der Waals surface area contributed by atoms with Crippen molar-refractivity contribution < 1.29 is 4.42 Å². The molecule has 0 aliphatic carbocycles. The normalized spacial score (nSPS) is 22.1. The summed E-state index contributed by atoms with van der Waals surface area (Å²) < 4.78 is 5.35. The van der Waals surface area contributed by atoms with Gasteiger partial charge in [0.05, 0.1) is 12.8 Å². The molecular formula is C13H22N2O. The van der Waals surface area contributed by atoms with Gasteiger partial charge in [0.2, 0.25) is 0 Å². The van der Waals surface area contributed by atoms with Crippen molar-refractivity contribution in [3.8, 4) is 0 Å². The number of furan rings is 1. The molecule has 0 aromatic carbocycles. The largest absolute Gasteiger partial charge is 0.468 e. The molecule has 1 aromatic rings. The van der Waals surface area contributed by atoms with E-state index in [1.165, 1.54) is 25.1 Å². The highest BCUT2D eigenvalue weighted by Gasteiger charge is 2.25. The van der Waals surface area contributed by atoms with Crippen molar-refractivity contribution in [3.05, 3.63) is 23.7 Å². The van der Waals surface area contributed by atoms with Crippen molar-refractivity contribution in [3.63, 3.8) is 0 Å². The first-order valence-electron chi connectivity index (χ1n) is 6.18. The summed E-state index contributed by atoms with van der Waals surface area (Å²) in [6.45, 7) is 8.55. The zero-order valence-corrected chi connectivity index (χ0v) is 10.3. The van der Waals surface area contributed by atoms with Crippen LogP contribution in [0.1, 0.15) is 31.6 Å². The highest BCUT2D eigenvalue weighted by molar-refractivity contribution is 5.16. The second-order valence-electron chi connectivity index (χ2n) is 5.10. The van der Waals surface area contributed by atoms with Crippen molar-refractivity contribution >= 4 is 0 Å². The minimum Gasteiger partial charge on any atom is -0.468 e. The number of hydrogen-bond acceptors (Lipinski definition) is 3. The molecule has 2 rings (SSSR count). The Morgan fingerprint density at radius 3 is 3.00 bits per heavy atom. The van der Waals surface area contributed by atoms with Crippen LogP contribution >= 0.6 is 0 Å². The smallest absolute Gasteiger partial charge is 0.121 e. The fourth-order valence-corrected chi connectivity index (χ4v) is 2.48. The first-order valence-corrected chi connectivity index (χ1v) is 6.18. The van der Waals surface area contributed by atoms with Gasteiger partial charge >= 0.3 is 0 Å². The molecule has 0 spiro atoms. The van der Waals surface area contributed by atoms with Gasteiger partial charge in [-0.1, -0.05) is 13.8 Å². The number of nitrogens with two attached hydrogens (primary N) is 1. The fourth-order valence-electron chi connectivity index (χ4n) is 2.48. The molecule has 1 aliphatic rings. The Bertz CT molecular complexity index is 332. The summed E-state index contributed by atoms with van der Waals surface area (Å²) in [4.78, 5) is 2.51. The van der Waals surface area contributed by atoms with E-state index in [9.17, 15) is 0 Å². The lowest BCUT2D eigenvalue weighted by molar-refractivity contribution is 0.294. The molecule has 1 fully saturated rings. The van der Waals surface area contributed by atoms with Crippen molar-refractivity contribution in [2.75, 3.05) is 13.1 Å². The molecule has 3 heteroatoms. The molecule has 0 saturated carbocycles. The summed E-state index contributed by atoms with van der Waals surface area (Å²) in [5.74, 6) is 2.59. The lowest BCUT2D eigenvalue weighted by atomic mass is 9.95. The van der Waals surface area contributed by atoms with Gasteiger partial charge in [0.25, 0.3) is 0 Å². The first-order chi connectivity index (χ1) is 7.70. The van der Waals surface area contributed by atoms with Crippen molar-refractivity contribution in [2.24, 2.45) is 17.6 Å². The number of likely N-dealkylation sites (tertiary alicyclic amines) is 1. The highest BCUT2D eigenvalue weighted by Crippen LogP contribution is 2.25. The third-order valence-corrected chi connectivity index (χ3v) is 3.67. The maximum Gasteiger partial charge on any atom is 0.121 e. The minimum absolute atomic E-state index is 0.504. The van der Waals surface area contributed by atoms with Crippen LogP contribution in [0.3, 0.4) is 0 Å². The Labute approximate surface area is 97.6 Å². The van der Waals surface area contributed by atoms with Gasteiger partial charge < -0.3 is 10.2 Å². The van der Waals surface area contributed by atoms with E-state index in [-0.39, 0.29) is 0 Å². The van der Waals surface area contributed by atoms with E-state index in [4.69, 9.17) is 10.2 Å². The minimum atomic E-state index is 0.504. The molecule has 2 N–H and O–H groups in total. The van der Waals surface area contributed by atoms with Gasteiger partial charge in [-0.3, -0.25) is 4.90 Å². The van der Waals surface area contributed by atoms with Crippen LogP contribution in [0.25, 0.3) is 0 Å². The molecule has 1 aliphatic heterocycles. The Kier molecular flexibility index (Phi) is 3.66. The molecule has 0 amide bonds. The van der Waals surface area contributed by atoms with Crippen molar-refractivity contribution in [1.29, 1.82) is 0 Å². The number of rotatable bonds is 4. The third-order valence-electron chi connectivity index (χ3n) is 3.67. The molecule has 1 atom stereocenters. The van der Waals surface area contributed by atoms with Crippen LogP contribution in [-0.2, 0) is 13.1 Å². The van der Waals surface area contributed by atoms with Crippen LogP contribution < -0.4 is 5.73 Å². The second kappa shape index (κ2) is 5.02. The number of nitrogens with zero attached hydrogens (tertiary/aromatic N) is 1. The Morgan fingerprint density at radius 1 is 1.56 bits per heavy atom. The molecule has 3 nitrogen and oxygen atoms in total. The quantitative estimate of drug-likeness (QED) is 0.849. The first kappa shape index (κ1) is 11.7. The fraction of sp³-hybridized carbons (Fsp3) is 0.692. The van der Waals surface area contributed by atoms with Crippen molar-refractivity contribution in [1.82, 2.24) is 4.90 Å². The van der Waals surface area contributed by atoms with E-state index in [0.717, 1.165) is 24.1 Å². The van der Waals surface area contributed by atoms with E-state index in [0.29, 0.717) is 6.54 Å². The molecule has 1 aromatic heterocycles. The molecule has 90 valence electrons. The molecule has 2 heterocycles. The molecule has 16 heavy (non-hydrogen) atoms. The van der Waals surface area contributed by atoms with Gasteiger partial charge in [-0.15, -0.1) is 0 Å². The third kappa shape index (κ3) is 2.47. The van der Waals surface area contributed by atoms with Gasteiger partial charge in [0.15, 0.2) is 0 Å². The lowest BCUT2D eigenvalue weighted by Gasteiger charge is -2.17. The van der Waals surface area contributed by atoms with Crippen LogP contribution in [0.2, 0.25) is 0 Å². The average molecular weight is 222 g/mol. The molecule has 0 bridgehead atoms. The van der Waals surface area contributed by atoms with Gasteiger partial charge in [0, 0.05) is 18.7 Å². The zero-order chi connectivity index (χ0) is 11.5. The average Bonchev–Trinajstić information content (AvgIpc) is 2.87. The summed E-state index contributed by atoms with van der Waals surface area (Å²) in [6, 6.07) is 2.05. The summed E-state index contributed by atoms with van der Waals surface area (Å²) in [5.41, 5.74) is 6.89. The van der Waals surface area contributed by atoms with E-state index in [1.54, 1.807) is 6.26 Å². The van der Waals surface area contributed by atoms with Crippen LogP contribution in [0.15, 0.2) is 16.7 Å². The SMILES string of the molecule is CC(C)C1CCN(Cc2ccoc2CN)C1. The second-order valence-corrected chi connectivity index (χ2v) is 5.10. The van der Waals surface area contributed by atoms with E-state index in [1.807, 2.05) is 6.07 Å². The van der Waals surface area contributed by atoms with E-state index >= 15 is 0 Å². The van der Waals surface area contributed by atoms with Crippen LogP contribution in [0.5, 0.6) is 0 Å². The topological polar surface area (TPSA) is 42.4 Å². The summed E-state index contributed by atoms with van der Waals surface area (Å²) >= 11 is 0. The van der Waals surface area contributed by atoms with Crippen LogP contribution in [-0.4, -0.2) is 18.0 Å². The zero-order valence-electron chi connectivity index (χ0n) is 10.3. The molecule has 1 unspecified atom stereocenters. The van der Waals surface area contributed by atoms with Gasteiger partial charge in [-0.05, 0) is 30.9 Å².